The Balaban J connectivity index is 0.945. The number of fused-ring (bicyclic) bond motifs is 6. The van der Waals surface area contributed by atoms with Crippen molar-refractivity contribution >= 4 is 21.9 Å². The fourth-order valence-electron chi connectivity index (χ4n) is 9.62. The summed E-state index contributed by atoms with van der Waals surface area (Å²) in [5.41, 5.74) is 15.2. The molecule has 0 amide bonds. The van der Waals surface area contributed by atoms with E-state index < -0.39 is 0 Å². The van der Waals surface area contributed by atoms with Crippen LogP contribution >= 0.6 is 0 Å². The van der Waals surface area contributed by atoms with Crippen molar-refractivity contribution in [3.63, 3.8) is 0 Å². The fraction of sp³-hybridized carbons (Fsp3) is 0.0164. The smallest absolute Gasteiger partial charge is 0.164 e. The molecule has 0 bridgehead atoms. The molecule has 13 rings (SSSR count). The average Bonchev–Trinajstić information content (AvgIpc) is 3.97. The summed E-state index contributed by atoms with van der Waals surface area (Å²) in [6.07, 6.45) is 0. The van der Waals surface area contributed by atoms with Gasteiger partial charge in [0.05, 0.1) is 5.92 Å². The predicted octanol–water partition coefficient (Wildman–Crippen LogP) is 14.8. The van der Waals surface area contributed by atoms with Gasteiger partial charge in [-0.2, -0.15) is 0 Å². The summed E-state index contributed by atoms with van der Waals surface area (Å²) < 4.78 is 6.60. The van der Waals surface area contributed by atoms with Crippen LogP contribution in [-0.2, 0) is 0 Å². The Hall–Kier alpha value is -9.20. The number of hydrogen-bond donors (Lipinski definition) is 0. The highest BCUT2D eigenvalue weighted by Crippen LogP contribution is 2.49. The van der Waals surface area contributed by atoms with E-state index in [0.717, 1.165) is 60.9 Å². The third kappa shape index (κ3) is 6.93. The first kappa shape index (κ1) is 39.2. The second-order valence-electron chi connectivity index (χ2n) is 17.0. The molecule has 0 aliphatic heterocycles. The number of aromatic nitrogens is 6. The molecule has 1 unspecified atom stereocenters. The molecule has 0 saturated carbocycles. The molecule has 7 nitrogen and oxygen atoms in total. The Morgan fingerprint density at radius 1 is 0.279 bits per heavy atom. The van der Waals surface area contributed by atoms with E-state index in [2.05, 4.69) is 133 Å². The lowest BCUT2D eigenvalue weighted by atomic mass is 9.94. The fourth-order valence-corrected chi connectivity index (χ4v) is 9.62. The van der Waals surface area contributed by atoms with Crippen LogP contribution in [0.1, 0.15) is 22.9 Å². The highest BCUT2D eigenvalue weighted by molar-refractivity contribution is 6.12. The van der Waals surface area contributed by atoms with Gasteiger partial charge in [-0.25, -0.2) is 29.9 Å². The van der Waals surface area contributed by atoms with Gasteiger partial charge in [-0.3, -0.25) is 0 Å². The van der Waals surface area contributed by atoms with E-state index in [1.54, 1.807) is 0 Å². The van der Waals surface area contributed by atoms with Gasteiger partial charge in [0.2, 0.25) is 0 Å². The molecule has 7 heteroatoms. The van der Waals surface area contributed by atoms with E-state index in [1.807, 2.05) is 91.0 Å². The summed E-state index contributed by atoms with van der Waals surface area (Å²) in [7, 11) is 0. The minimum absolute atomic E-state index is 0.202. The van der Waals surface area contributed by atoms with Crippen LogP contribution in [-0.4, -0.2) is 29.9 Å². The molecule has 0 N–H and O–H groups in total. The lowest BCUT2D eigenvalue weighted by molar-refractivity contribution is 0.669. The second kappa shape index (κ2) is 16.3. The maximum absolute atomic E-state index is 6.60. The Labute approximate surface area is 392 Å². The van der Waals surface area contributed by atoms with Crippen molar-refractivity contribution in [3.05, 3.63) is 241 Å². The topological polar surface area (TPSA) is 90.5 Å². The Morgan fingerprint density at radius 2 is 0.750 bits per heavy atom. The van der Waals surface area contributed by atoms with E-state index >= 15 is 0 Å². The van der Waals surface area contributed by atoms with Crippen LogP contribution in [0.5, 0.6) is 0 Å². The zero-order chi connectivity index (χ0) is 45.0. The van der Waals surface area contributed by atoms with Gasteiger partial charge in [-0.05, 0) is 74.8 Å². The highest BCUT2D eigenvalue weighted by Gasteiger charge is 2.33. The van der Waals surface area contributed by atoms with Crippen molar-refractivity contribution in [2.45, 2.75) is 5.92 Å². The van der Waals surface area contributed by atoms with Crippen LogP contribution in [0.15, 0.2) is 229 Å². The molecule has 1 atom stereocenters. The maximum Gasteiger partial charge on any atom is 0.164 e. The van der Waals surface area contributed by atoms with Gasteiger partial charge < -0.3 is 4.42 Å². The Morgan fingerprint density at radius 3 is 1.44 bits per heavy atom. The Bertz CT molecular complexity index is 3800. The third-order valence-electron chi connectivity index (χ3n) is 12.9. The quantitative estimate of drug-likeness (QED) is 0.150. The molecule has 12 aromatic rings. The molecule has 0 fully saturated rings. The van der Waals surface area contributed by atoms with Crippen molar-refractivity contribution in [1.29, 1.82) is 0 Å². The van der Waals surface area contributed by atoms with Crippen molar-refractivity contribution in [1.82, 2.24) is 29.9 Å². The summed E-state index contributed by atoms with van der Waals surface area (Å²) in [4.78, 5) is 30.9. The minimum atomic E-state index is -0.202. The summed E-state index contributed by atoms with van der Waals surface area (Å²) in [5.74, 6) is 3.53. The summed E-state index contributed by atoms with van der Waals surface area (Å²) in [6.45, 7) is 0. The van der Waals surface area contributed by atoms with E-state index in [9.17, 15) is 0 Å². The lowest BCUT2D eigenvalue weighted by Gasteiger charge is -2.16. The zero-order valence-electron chi connectivity index (χ0n) is 36.5. The maximum atomic E-state index is 6.60. The van der Waals surface area contributed by atoms with Gasteiger partial charge in [-0.15, -0.1) is 0 Å². The number of hydrogen-bond acceptors (Lipinski definition) is 7. The lowest BCUT2D eigenvalue weighted by Crippen LogP contribution is -2.09. The highest BCUT2D eigenvalue weighted by atomic mass is 16.3. The van der Waals surface area contributed by atoms with E-state index in [4.69, 9.17) is 34.3 Å². The van der Waals surface area contributed by atoms with Crippen LogP contribution in [0.3, 0.4) is 0 Å². The SMILES string of the molecule is c1ccc(-c2ccc3c(c2)-c2ccccc2C3c2nc(-c3ccccc3)nc(-c3cccc4oc5ccc(-c6cccc(-c7nc(-c8ccccc8)nc(-c8ccccc8)n7)c6)cc5c34)n2)cc1. The van der Waals surface area contributed by atoms with E-state index in [-0.39, 0.29) is 5.92 Å². The molecule has 9 aromatic carbocycles. The average molecular weight is 871 g/mol. The molecule has 3 aromatic heterocycles. The van der Waals surface area contributed by atoms with E-state index in [1.165, 1.54) is 33.4 Å². The molecule has 0 radical (unpaired) electrons. The molecule has 0 saturated heterocycles. The first-order chi connectivity index (χ1) is 33.7. The van der Waals surface area contributed by atoms with Crippen LogP contribution < -0.4 is 0 Å². The first-order valence-corrected chi connectivity index (χ1v) is 22.7. The van der Waals surface area contributed by atoms with Gasteiger partial charge in [0.15, 0.2) is 29.1 Å². The van der Waals surface area contributed by atoms with Crippen molar-refractivity contribution in [3.8, 4) is 90.3 Å². The largest absolute Gasteiger partial charge is 0.456 e. The number of furan rings is 1. The van der Waals surface area contributed by atoms with Crippen LogP contribution in [0, 0.1) is 0 Å². The van der Waals surface area contributed by atoms with Crippen LogP contribution in [0.25, 0.3) is 112 Å². The third-order valence-corrected chi connectivity index (χ3v) is 12.9. The Kier molecular flexibility index (Phi) is 9.42. The van der Waals surface area contributed by atoms with Gasteiger partial charge in [0, 0.05) is 38.6 Å². The van der Waals surface area contributed by atoms with E-state index in [0.29, 0.717) is 34.9 Å². The van der Waals surface area contributed by atoms with Crippen molar-refractivity contribution in [2.75, 3.05) is 0 Å². The molecule has 68 heavy (non-hydrogen) atoms. The van der Waals surface area contributed by atoms with Gasteiger partial charge >= 0.3 is 0 Å². The first-order valence-electron chi connectivity index (χ1n) is 22.7. The van der Waals surface area contributed by atoms with Crippen LogP contribution in [0.4, 0.5) is 0 Å². The van der Waals surface area contributed by atoms with Gasteiger partial charge in [0.25, 0.3) is 0 Å². The zero-order valence-corrected chi connectivity index (χ0v) is 36.5. The number of benzene rings is 9. The standard InChI is InChI=1S/C61H38N6O/c1-5-17-38(18-6-1)43-31-33-48-50(36-43)46-27-13-14-28-47(46)55(48)61-66-58(41-23-11-4-12-24-41)65-60(67-61)49-29-16-30-53-54(49)51-37-44(32-34-52(51)68-53)42-25-15-26-45(35-42)59-63-56(39-19-7-2-8-20-39)62-57(64-59)40-21-9-3-10-22-40/h1-37,55H. The summed E-state index contributed by atoms with van der Waals surface area (Å²) in [6, 6.07) is 77.1. The van der Waals surface area contributed by atoms with Gasteiger partial charge in [-0.1, -0.05) is 194 Å². The molecular formula is C61H38N6O. The van der Waals surface area contributed by atoms with Gasteiger partial charge in [0.1, 0.15) is 17.0 Å². The normalized spacial score (nSPS) is 12.9. The van der Waals surface area contributed by atoms with Crippen molar-refractivity contribution < 1.29 is 4.42 Å². The van der Waals surface area contributed by atoms with Crippen LogP contribution in [0.2, 0.25) is 0 Å². The summed E-state index contributed by atoms with van der Waals surface area (Å²) in [5, 5.41) is 1.90. The minimum Gasteiger partial charge on any atom is -0.456 e. The molecule has 318 valence electrons. The van der Waals surface area contributed by atoms with Crippen molar-refractivity contribution in [2.24, 2.45) is 0 Å². The molecule has 0 spiro atoms. The summed E-state index contributed by atoms with van der Waals surface area (Å²) >= 11 is 0. The molecule has 3 heterocycles. The number of rotatable bonds is 8. The molecule has 1 aliphatic carbocycles. The molecular weight excluding hydrogens is 833 g/mol. The second-order valence-corrected chi connectivity index (χ2v) is 17.0. The predicted molar refractivity (Wildman–Crippen MR) is 271 cm³/mol. The number of nitrogens with zero attached hydrogens (tertiary/aromatic N) is 6. The monoisotopic (exact) mass is 870 g/mol. The molecule has 1 aliphatic rings.